The molecule has 2 aromatic heterocycles. The molecule has 7 rings (SSSR count). The van der Waals surface area contributed by atoms with Crippen molar-refractivity contribution >= 4 is 74.4 Å². The number of carbonyl (C=O) groups excluding carboxylic acids is 2. The SMILES string of the molecule is CCc1cc(Nc2ncc(Br)c(Nc3ccc4nccnc4c3P(C)(C)=O)n2)c(OC)cc1C1CCC(NCCNCCc2ccc(C3CCC(=O)NC3=O)cc2)CC1. The third-order valence-electron chi connectivity index (χ3n) is 11.4. The summed E-state index contributed by atoms with van der Waals surface area (Å²) in [7, 11) is -1.07. The summed E-state index contributed by atoms with van der Waals surface area (Å²) in [4.78, 5) is 41.9. The molecule has 15 heteroatoms. The lowest BCUT2D eigenvalue weighted by molar-refractivity contribution is -0.134. The number of anilines is 4. The van der Waals surface area contributed by atoms with Crippen LogP contribution in [-0.2, 0) is 27.0 Å². The monoisotopic (exact) mass is 881 g/mol. The quantitative estimate of drug-likeness (QED) is 0.0377. The maximum atomic E-state index is 13.5. The van der Waals surface area contributed by atoms with Gasteiger partial charge in [-0.3, -0.25) is 24.9 Å². The fourth-order valence-electron chi connectivity index (χ4n) is 8.28. The van der Waals surface area contributed by atoms with Gasteiger partial charge in [0.15, 0.2) is 0 Å². The van der Waals surface area contributed by atoms with Gasteiger partial charge in [-0.1, -0.05) is 31.2 Å². The van der Waals surface area contributed by atoms with Gasteiger partial charge in [0.2, 0.25) is 17.8 Å². The first-order chi connectivity index (χ1) is 28.5. The number of rotatable bonds is 16. The lowest BCUT2D eigenvalue weighted by atomic mass is 9.79. The normalized spacial score (nSPS) is 18.4. The number of methoxy groups -OCH3 is 1. The van der Waals surface area contributed by atoms with Gasteiger partial charge in [0.1, 0.15) is 24.2 Å². The van der Waals surface area contributed by atoms with Crippen LogP contribution < -0.4 is 36.6 Å². The Balaban J connectivity index is 0.910. The summed E-state index contributed by atoms with van der Waals surface area (Å²) in [5, 5.41) is 17.2. The van der Waals surface area contributed by atoms with Gasteiger partial charge in [0.25, 0.3) is 0 Å². The van der Waals surface area contributed by atoms with E-state index in [1.54, 1.807) is 39.0 Å². The molecule has 1 saturated carbocycles. The molecule has 13 nitrogen and oxygen atoms in total. The van der Waals surface area contributed by atoms with Crippen LogP contribution in [0.2, 0.25) is 0 Å². The minimum Gasteiger partial charge on any atom is -0.495 e. The molecule has 0 spiro atoms. The lowest BCUT2D eigenvalue weighted by Gasteiger charge is -2.31. The molecule has 0 radical (unpaired) electrons. The summed E-state index contributed by atoms with van der Waals surface area (Å²) in [6.07, 6.45) is 12.2. The highest BCUT2D eigenvalue weighted by Crippen LogP contribution is 2.42. The van der Waals surface area contributed by atoms with Crippen molar-refractivity contribution in [2.75, 3.05) is 50.7 Å². The van der Waals surface area contributed by atoms with Crippen LogP contribution in [0.3, 0.4) is 0 Å². The molecule has 5 N–H and O–H groups in total. The van der Waals surface area contributed by atoms with Crippen LogP contribution in [0.5, 0.6) is 5.75 Å². The van der Waals surface area contributed by atoms with Gasteiger partial charge in [0, 0.05) is 44.1 Å². The number of hydrogen-bond acceptors (Lipinski definition) is 12. The van der Waals surface area contributed by atoms with Gasteiger partial charge in [-0.25, -0.2) is 4.98 Å². The number of aromatic nitrogens is 4. The average molecular weight is 883 g/mol. The zero-order chi connectivity index (χ0) is 41.5. The van der Waals surface area contributed by atoms with E-state index in [-0.39, 0.29) is 17.7 Å². The topological polar surface area (TPSA) is 172 Å². The zero-order valence-corrected chi connectivity index (χ0v) is 36.6. The van der Waals surface area contributed by atoms with Gasteiger partial charge in [-0.2, -0.15) is 4.98 Å². The molecular formula is C44H53BrN9O4P. The predicted octanol–water partition coefficient (Wildman–Crippen LogP) is 7.46. The van der Waals surface area contributed by atoms with Crippen LogP contribution in [-0.4, -0.2) is 77.9 Å². The minimum absolute atomic E-state index is 0.184. The number of nitrogens with zero attached hydrogens (tertiary/aromatic N) is 4. The third-order valence-corrected chi connectivity index (χ3v) is 13.5. The number of ether oxygens (including phenoxy) is 1. The van der Waals surface area contributed by atoms with E-state index in [0.717, 1.165) is 75.2 Å². The molecule has 310 valence electrons. The molecule has 59 heavy (non-hydrogen) atoms. The Morgan fingerprint density at radius 2 is 1.68 bits per heavy atom. The van der Waals surface area contributed by atoms with Crippen molar-refractivity contribution in [2.24, 2.45) is 0 Å². The predicted molar refractivity (Wildman–Crippen MR) is 238 cm³/mol. The molecule has 1 aliphatic carbocycles. The molecule has 0 bridgehead atoms. The van der Waals surface area contributed by atoms with E-state index in [1.807, 2.05) is 24.3 Å². The first kappa shape index (κ1) is 42.4. The standard InChI is InChI=1S/C44H53BrN9O4P/c1-5-28-24-37(52-44-50-26-34(45)42(54-44)51-36-16-15-35-40(49-23-22-48-35)41(36)59(3,4)57)38(58-2)25-33(28)30-10-12-31(13-11-30)47-21-20-46-19-18-27-6-8-29(9-7-27)32-14-17-39(55)53-43(32)56/h6-9,15-16,22-26,30-32,46-47H,5,10-14,17-21H2,1-4H3,(H,53,55,56)(H2,50,51,52,54). The molecule has 5 aromatic rings. The smallest absolute Gasteiger partial charge is 0.234 e. The lowest BCUT2D eigenvalue weighted by Crippen LogP contribution is -2.39. The first-order valence-electron chi connectivity index (χ1n) is 20.4. The number of nitrogens with one attached hydrogen (secondary N) is 5. The fraction of sp³-hybridized carbons (Fsp3) is 0.409. The molecule has 3 aromatic carbocycles. The number of halogens is 1. The van der Waals surface area contributed by atoms with E-state index in [2.05, 4.69) is 88.7 Å². The Morgan fingerprint density at radius 1 is 0.898 bits per heavy atom. The van der Waals surface area contributed by atoms with Crippen LogP contribution in [0.1, 0.15) is 79.5 Å². The summed E-state index contributed by atoms with van der Waals surface area (Å²) in [5.41, 5.74) is 7.54. The van der Waals surface area contributed by atoms with Gasteiger partial charge in [0.05, 0.1) is 39.7 Å². The van der Waals surface area contributed by atoms with Crippen molar-refractivity contribution < 1.29 is 18.9 Å². The second-order valence-corrected chi connectivity index (χ2v) is 19.7. The van der Waals surface area contributed by atoms with Crippen molar-refractivity contribution in [3.8, 4) is 5.75 Å². The Labute approximate surface area is 354 Å². The highest BCUT2D eigenvalue weighted by Gasteiger charge is 2.28. The number of amides is 2. The van der Waals surface area contributed by atoms with Crippen molar-refractivity contribution in [2.45, 2.75) is 76.2 Å². The third kappa shape index (κ3) is 10.3. The Hall–Kier alpha value is -4.75. The largest absolute Gasteiger partial charge is 0.495 e. The zero-order valence-electron chi connectivity index (χ0n) is 34.1. The number of carbonyl (C=O) groups is 2. The van der Waals surface area contributed by atoms with Crippen LogP contribution in [0.25, 0.3) is 11.0 Å². The van der Waals surface area contributed by atoms with Crippen molar-refractivity contribution in [1.29, 1.82) is 0 Å². The van der Waals surface area contributed by atoms with Gasteiger partial charge < -0.3 is 30.6 Å². The van der Waals surface area contributed by atoms with Crippen LogP contribution in [0.4, 0.5) is 23.1 Å². The fourth-order valence-corrected chi connectivity index (χ4v) is 9.97. The Kier molecular flexibility index (Phi) is 13.7. The van der Waals surface area contributed by atoms with Crippen molar-refractivity contribution in [1.82, 2.24) is 35.9 Å². The summed E-state index contributed by atoms with van der Waals surface area (Å²) >= 11 is 3.59. The summed E-state index contributed by atoms with van der Waals surface area (Å²) < 4.78 is 20.1. The van der Waals surface area contributed by atoms with Crippen LogP contribution >= 0.6 is 23.1 Å². The van der Waals surface area contributed by atoms with E-state index in [1.165, 1.54) is 16.7 Å². The molecule has 2 aliphatic rings. The molecule has 1 atom stereocenters. The molecule has 1 aliphatic heterocycles. The van der Waals surface area contributed by atoms with E-state index in [9.17, 15) is 14.2 Å². The summed E-state index contributed by atoms with van der Waals surface area (Å²) in [6, 6.07) is 16.8. The summed E-state index contributed by atoms with van der Waals surface area (Å²) in [5.74, 6) is 1.49. The maximum absolute atomic E-state index is 13.5. The van der Waals surface area contributed by atoms with Gasteiger partial charge >= 0.3 is 0 Å². The molecule has 3 heterocycles. The molecule has 1 unspecified atom stereocenters. The van der Waals surface area contributed by atoms with Crippen LogP contribution in [0.15, 0.2) is 71.6 Å². The summed E-state index contributed by atoms with van der Waals surface area (Å²) in [6.45, 7) is 8.36. The van der Waals surface area contributed by atoms with Crippen LogP contribution in [0, 0.1) is 0 Å². The molecular weight excluding hydrogens is 829 g/mol. The van der Waals surface area contributed by atoms with E-state index < -0.39 is 7.14 Å². The Morgan fingerprint density at radius 3 is 2.41 bits per heavy atom. The second-order valence-electron chi connectivity index (χ2n) is 15.7. The second kappa shape index (κ2) is 19.1. The molecule has 1 saturated heterocycles. The molecule has 2 amide bonds. The highest BCUT2D eigenvalue weighted by atomic mass is 79.9. The molecule has 2 fully saturated rings. The van der Waals surface area contributed by atoms with E-state index in [0.29, 0.717) is 63.1 Å². The number of imide groups is 1. The highest BCUT2D eigenvalue weighted by molar-refractivity contribution is 9.10. The Bertz CT molecular complexity index is 2350. The van der Waals surface area contributed by atoms with E-state index >= 15 is 0 Å². The number of benzene rings is 3. The number of aryl methyl sites for hydroxylation is 1. The van der Waals surface area contributed by atoms with Gasteiger partial charge in [-0.05, 0) is 133 Å². The maximum Gasteiger partial charge on any atom is 0.234 e. The minimum atomic E-state index is -2.76. The number of hydrogen-bond donors (Lipinski definition) is 5. The van der Waals surface area contributed by atoms with Crippen molar-refractivity contribution in [3.05, 3.63) is 93.8 Å². The average Bonchev–Trinajstić information content (AvgIpc) is 3.23. The van der Waals surface area contributed by atoms with E-state index in [4.69, 9.17) is 9.72 Å². The van der Waals surface area contributed by atoms with Gasteiger partial charge in [-0.15, -0.1) is 0 Å². The van der Waals surface area contributed by atoms with Crippen molar-refractivity contribution in [3.63, 3.8) is 0 Å². The first-order valence-corrected chi connectivity index (χ1v) is 23.8. The number of piperidine rings is 1. The number of fused-ring (bicyclic) bond motifs is 1.